The number of benzene rings is 1. The zero-order valence-electron chi connectivity index (χ0n) is 9.13. The number of alkyl halides is 1. The molecule has 0 fully saturated rings. The van der Waals surface area contributed by atoms with Gasteiger partial charge in [0.25, 0.3) is 5.69 Å². The molecule has 0 spiro atoms. The zero-order valence-corrected chi connectivity index (χ0v) is 9.13. The number of hydrogen-bond donors (Lipinski definition) is 0. The lowest BCUT2D eigenvalue weighted by atomic mass is 9.98. The van der Waals surface area contributed by atoms with E-state index in [9.17, 15) is 18.9 Å². The highest BCUT2D eigenvalue weighted by Crippen LogP contribution is 2.42. The highest BCUT2D eigenvalue weighted by Gasteiger charge is 2.37. The van der Waals surface area contributed by atoms with Gasteiger partial charge >= 0.3 is 0 Å². The van der Waals surface area contributed by atoms with Gasteiger partial charge in [-0.15, -0.1) is 0 Å². The van der Waals surface area contributed by atoms with Gasteiger partial charge in [-0.1, -0.05) is 0 Å². The molecule has 17 heavy (non-hydrogen) atoms. The van der Waals surface area contributed by atoms with Gasteiger partial charge in [-0.05, 0) is 24.8 Å². The third-order valence-electron chi connectivity index (χ3n) is 3.72. The number of rotatable bonds is 1. The Labute approximate surface area is 96.6 Å². The summed E-state index contributed by atoms with van der Waals surface area (Å²) in [7, 11) is 0. The van der Waals surface area contributed by atoms with Crippen molar-refractivity contribution in [2.24, 2.45) is 0 Å². The van der Waals surface area contributed by atoms with E-state index in [1.165, 1.54) is 0 Å². The highest BCUT2D eigenvalue weighted by atomic mass is 19.1. The Bertz CT molecular complexity index is 528. The van der Waals surface area contributed by atoms with Crippen molar-refractivity contribution in [2.45, 2.75) is 38.3 Å². The third kappa shape index (κ3) is 1.38. The lowest BCUT2D eigenvalue weighted by molar-refractivity contribution is -0.386. The van der Waals surface area contributed by atoms with Gasteiger partial charge in [-0.2, -0.15) is 0 Å². The van der Waals surface area contributed by atoms with Gasteiger partial charge in [0.2, 0.25) is 0 Å². The van der Waals surface area contributed by atoms with E-state index in [2.05, 4.69) is 0 Å². The predicted octanol–water partition coefficient (Wildman–Crippen LogP) is 2.66. The molecule has 2 aliphatic rings. The van der Waals surface area contributed by atoms with Crippen molar-refractivity contribution in [1.29, 1.82) is 0 Å². The molecule has 1 atom stereocenters. The van der Waals surface area contributed by atoms with Gasteiger partial charge in [-0.25, -0.2) is 8.78 Å². The summed E-state index contributed by atoms with van der Waals surface area (Å²) in [4.78, 5) is 10.6. The summed E-state index contributed by atoms with van der Waals surface area (Å²) in [5.74, 6) is -0.391. The van der Waals surface area contributed by atoms with Crippen LogP contribution in [0.4, 0.5) is 14.5 Å². The van der Waals surface area contributed by atoms with E-state index in [0.717, 1.165) is 6.42 Å². The van der Waals surface area contributed by atoms with Crippen LogP contribution < -0.4 is 0 Å². The number of hydrogen-bond acceptors (Lipinski definition) is 2. The Balaban J connectivity index is 2.32. The first kappa shape index (κ1) is 10.6. The molecular formula is C12H11F2NO2. The molecule has 0 saturated carbocycles. The van der Waals surface area contributed by atoms with Crippen LogP contribution in [0.1, 0.15) is 28.7 Å². The molecule has 1 aromatic rings. The van der Waals surface area contributed by atoms with Crippen LogP contribution in [0.5, 0.6) is 0 Å². The minimum absolute atomic E-state index is 0.0180. The summed E-state index contributed by atoms with van der Waals surface area (Å²) >= 11 is 0. The van der Waals surface area contributed by atoms with Crippen molar-refractivity contribution in [1.82, 2.24) is 0 Å². The molecule has 1 aromatic carbocycles. The highest BCUT2D eigenvalue weighted by molar-refractivity contribution is 5.60. The first-order chi connectivity index (χ1) is 8.09. The van der Waals surface area contributed by atoms with Crippen LogP contribution in [0.2, 0.25) is 0 Å². The largest absolute Gasteiger partial charge is 0.276 e. The van der Waals surface area contributed by atoms with Crippen molar-refractivity contribution >= 4 is 5.69 Å². The molecule has 1 unspecified atom stereocenters. The molecule has 90 valence electrons. The number of nitrogens with zero attached hydrogens (tertiary/aromatic N) is 1. The summed E-state index contributed by atoms with van der Waals surface area (Å²) < 4.78 is 27.4. The predicted molar refractivity (Wildman–Crippen MR) is 57.4 cm³/mol. The quantitative estimate of drug-likeness (QED) is 0.558. The lowest BCUT2D eigenvalue weighted by Gasteiger charge is -2.09. The van der Waals surface area contributed by atoms with E-state index in [4.69, 9.17) is 0 Å². The van der Waals surface area contributed by atoms with Crippen LogP contribution in [0, 0.1) is 15.9 Å². The summed E-state index contributed by atoms with van der Waals surface area (Å²) in [5, 5.41) is 11.1. The number of nitro benzene ring substituents is 1. The number of nitro groups is 1. The molecular weight excluding hydrogens is 228 g/mol. The SMILES string of the molecule is O=[N+]([O-])c1c2c(c(F)c3c1CC(F)C3)CCC2. The molecule has 0 amide bonds. The minimum atomic E-state index is -1.18. The van der Waals surface area contributed by atoms with Gasteiger partial charge in [0, 0.05) is 29.5 Å². The van der Waals surface area contributed by atoms with Gasteiger partial charge in [0.05, 0.1) is 4.92 Å². The van der Waals surface area contributed by atoms with Gasteiger partial charge in [0.15, 0.2) is 0 Å². The number of halogens is 2. The average molecular weight is 239 g/mol. The maximum atomic E-state index is 14.1. The zero-order chi connectivity index (χ0) is 12.2. The Morgan fingerprint density at radius 2 is 1.76 bits per heavy atom. The van der Waals surface area contributed by atoms with Crippen LogP contribution in [0.15, 0.2) is 0 Å². The molecule has 0 radical (unpaired) electrons. The Morgan fingerprint density at radius 3 is 2.47 bits per heavy atom. The van der Waals surface area contributed by atoms with Crippen LogP contribution >= 0.6 is 0 Å². The summed E-state index contributed by atoms with van der Waals surface area (Å²) in [5.41, 5.74) is 1.46. The van der Waals surface area contributed by atoms with E-state index >= 15 is 0 Å². The third-order valence-corrected chi connectivity index (χ3v) is 3.72. The summed E-state index contributed by atoms with van der Waals surface area (Å²) in [6.45, 7) is 0. The summed E-state index contributed by atoms with van der Waals surface area (Å²) in [6.07, 6.45) is 0.597. The molecule has 2 aliphatic carbocycles. The van der Waals surface area contributed by atoms with Crippen LogP contribution in [0.25, 0.3) is 0 Å². The second-order valence-electron chi connectivity index (χ2n) is 4.69. The standard InChI is InChI=1S/C12H11F2NO2/c13-6-4-9-10(5-6)12(15(16)17)8-3-1-2-7(8)11(9)14/h6H,1-5H2. The first-order valence-corrected chi connectivity index (χ1v) is 5.73. The fraction of sp³-hybridized carbons (Fsp3) is 0.500. The second-order valence-corrected chi connectivity index (χ2v) is 4.69. The van der Waals surface area contributed by atoms with Crippen molar-refractivity contribution in [3.63, 3.8) is 0 Å². The number of fused-ring (bicyclic) bond motifs is 2. The fourth-order valence-corrected chi connectivity index (χ4v) is 3.06. The van der Waals surface area contributed by atoms with Crippen LogP contribution in [-0.4, -0.2) is 11.1 Å². The first-order valence-electron chi connectivity index (χ1n) is 5.73. The minimum Gasteiger partial charge on any atom is -0.258 e. The van der Waals surface area contributed by atoms with Crippen molar-refractivity contribution in [3.05, 3.63) is 38.2 Å². The monoisotopic (exact) mass is 239 g/mol. The fourth-order valence-electron chi connectivity index (χ4n) is 3.06. The summed E-state index contributed by atoms with van der Waals surface area (Å²) in [6, 6.07) is 0. The van der Waals surface area contributed by atoms with Gasteiger partial charge in [-0.3, -0.25) is 10.1 Å². The molecule has 0 bridgehead atoms. The van der Waals surface area contributed by atoms with E-state index in [0.29, 0.717) is 29.5 Å². The lowest BCUT2D eigenvalue weighted by Crippen LogP contribution is -2.04. The van der Waals surface area contributed by atoms with Crippen LogP contribution in [-0.2, 0) is 25.7 Å². The smallest absolute Gasteiger partial charge is 0.258 e. The van der Waals surface area contributed by atoms with E-state index in [1.54, 1.807) is 0 Å². The maximum absolute atomic E-state index is 14.1. The van der Waals surface area contributed by atoms with E-state index in [1.807, 2.05) is 0 Å². The molecule has 3 rings (SSSR count). The van der Waals surface area contributed by atoms with Gasteiger partial charge in [0.1, 0.15) is 12.0 Å². The Morgan fingerprint density at radius 1 is 1.12 bits per heavy atom. The molecule has 3 nitrogen and oxygen atoms in total. The van der Waals surface area contributed by atoms with Crippen molar-refractivity contribution in [3.8, 4) is 0 Å². The van der Waals surface area contributed by atoms with Crippen molar-refractivity contribution in [2.75, 3.05) is 0 Å². The molecule has 5 heteroatoms. The molecule has 0 aliphatic heterocycles. The van der Waals surface area contributed by atoms with Gasteiger partial charge < -0.3 is 0 Å². The molecule has 0 saturated heterocycles. The topological polar surface area (TPSA) is 43.1 Å². The Kier molecular flexibility index (Phi) is 2.18. The van der Waals surface area contributed by atoms with E-state index in [-0.39, 0.29) is 24.1 Å². The van der Waals surface area contributed by atoms with E-state index < -0.39 is 16.9 Å². The average Bonchev–Trinajstić information content (AvgIpc) is 2.84. The van der Waals surface area contributed by atoms with Crippen LogP contribution in [0.3, 0.4) is 0 Å². The molecule has 0 heterocycles. The maximum Gasteiger partial charge on any atom is 0.276 e. The molecule has 0 N–H and O–H groups in total. The Hall–Kier alpha value is -1.52. The van der Waals surface area contributed by atoms with Crippen molar-refractivity contribution < 1.29 is 13.7 Å². The molecule has 0 aromatic heterocycles. The second kappa shape index (κ2) is 3.48. The normalized spacial score (nSPS) is 21.4.